The average molecular weight is 230 g/mol. The number of phenols is 1. The average Bonchev–Trinajstić information content (AvgIpc) is 2.28. The minimum atomic E-state index is -0.239. The van der Waals surface area contributed by atoms with Crippen LogP contribution in [-0.4, -0.2) is 5.11 Å². The van der Waals surface area contributed by atoms with Crippen molar-refractivity contribution in [2.24, 2.45) is 0 Å². The molecule has 88 valence electrons. The molecule has 0 saturated heterocycles. The standard InChI is InChI=1S/C14H14O3/c1-8-6-9(15)7-12-13(8)10-4-2-3-5-11(10)14(16)17-12/h6-7,15H,2-5H2,1H3. The van der Waals surface area contributed by atoms with Gasteiger partial charge in [-0.05, 0) is 49.8 Å². The van der Waals surface area contributed by atoms with Gasteiger partial charge in [0.25, 0.3) is 0 Å². The van der Waals surface area contributed by atoms with Crippen LogP contribution in [0.5, 0.6) is 5.75 Å². The molecule has 0 bridgehead atoms. The second-order valence-electron chi connectivity index (χ2n) is 4.69. The summed E-state index contributed by atoms with van der Waals surface area (Å²) in [7, 11) is 0. The van der Waals surface area contributed by atoms with Gasteiger partial charge in [-0.2, -0.15) is 0 Å². The molecule has 0 fully saturated rings. The van der Waals surface area contributed by atoms with Crippen molar-refractivity contribution in [1.82, 2.24) is 0 Å². The highest BCUT2D eigenvalue weighted by molar-refractivity contribution is 5.86. The fourth-order valence-corrected chi connectivity index (χ4v) is 2.77. The first kappa shape index (κ1) is 10.4. The normalized spacial score (nSPS) is 14.9. The highest BCUT2D eigenvalue weighted by Gasteiger charge is 2.19. The molecule has 1 aliphatic carbocycles. The van der Waals surface area contributed by atoms with Gasteiger partial charge in [0.1, 0.15) is 11.3 Å². The summed E-state index contributed by atoms with van der Waals surface area (Å²) in [4.78, 5) is 11.9. The van der Waals surface area contributed by atoms with Gasteiger partial charge in [-0.25, -0.2) is 4.79 Å². The van der Waals surface area contributed by atoms with E-state index in [9.17, 15) is 9.90 Å². The molecule has 0 atom stereocenters. The first-order valence-electron chi connectivity index (χ1n) is 5.95. The Bertz CT molecular complexity index is 653. The molecule has 1 heterocycles. The van der Waals surface area contributed by atoms with Crippen LogP contribution in [0, 0.1) is 6.92 Å². The van der Waals surface area contributed by atoms with E-state index in [-0.39, 0.29) is 11.4 Å². The minimum absolute atomic E-state index is 0.147. The fraction of sp³-hybridized carbons (Fsp3) is 0.357. The lowest BCUT2D eigenvalue weighted by molar-refractivity contribution is 0.471. The van der Waals surface area contributed by atoms with Gasteiger partial charge in [0.05, 0.1) is 0 Å². The predicted molar refractivity (Wildman–Crippen MR) is 65.5 cm³/mol. The Labute approximate surface area is 98.7 Å². The van der Waals surface area contributed by atoms with Crippen molar-refractivity contribution in [3.63, 3.8) is 0 Å². The molecule has 3 rings (SSSR count). The smallest absolute Gasteiger partial charge is 0.339 e. The van der Waals surface area contributed by atoms with E-state index < -0.39 is 0 Å². The van der Waals surface area contributed by atoms with Crippen LogP contribution in [0.25, 0.3) is 11.0 Å². The monoisotopic (exact) mass is 230 g/mol. The third kappa shape index (κ3) is 1.54. The molecule has 0 unspecified atom stereocenters. The second kappa shape index (κ2) is 3.62. The third-order valence-corrected chi connectivity index (χ3v) is 3.50. The Morgan fingerprint density at radius 3 is 2.65 bits per heavy atom. The summed E-state index contributed by atoms with van der Waals surface area (Å²) in [6.07, 6.45) is 3.92. The molecule has 1 aliphatic rings. The number of phenolic OH excluding ortho intramolecular Hbond substituents is 1. The van der Waals surface area contributed by atoms with Gasteiger partial charge in [0, 0.05) is 17.0 Å². The Hall–Kier alpha value is -1.77. The maximum Gasteiger partial charge on any atom is 0.339 e. The number of fused-ring (bicyclic) bond motifs is 3. The van der Waals surface area contributed by atoms with Gasteiger partial charge >= 0.3 is 5.63 Å². The van der Waals surface area contributed by atoms with E-state index in [0.717, 1.165) is 47.8 Å². The van der Waals surface area contributed by atoms with Gasteiger partial charge in [0.2, 0.25) is 0 Å². The number of benzene rings is 1. The zero-order valence-corrected chi connectivity index (χ0v) is 9.75. The molecule has 0 amide bonds. The predicted octanol–water partition coefficient (Wildman–Crippen LogP) is 2.69. The van der Waals surface area contributed by atoms with Crippen LogP contribution in [0.3, 0.4) is 0 Å². The number of hydrogen-bond donors (Lipinski definition) is 1. The molecule has 3 heteroatoms. The molecular weight excluding hydrogens is 216 g/mol. The molecule has 1 aromatic heterocycles. The van der Waals surface area contributed by atoms with E-state index in [2.05, 4.69) is 0 Å². The molecule has 17 heavy (non-hydrogen) atoms. The highest BCUT2D eigenvalue weighted by atomic mass is 16.4. The van der Waals surface area contributed by atoms with E-state index in [1.807, 2.05) is 6.92 Å². The lowest BCUT2D eigenvalue weighted by Gasteiger charge is -2.17. The maximum atomic E-state index is 11.9. The quantitative estimate of drug-likeness (QED) is 0.708. The number of rotatable bonds is 0. The number of aromatic hydroxyl groups is 1. The molecule has 0 radical (unpaired) electrons. The van der Waals surface area contributed by atoms with Crippen LogP contribution in [-0.2, 0) is 12.8 Å². The van der Waals surface area contributed by atoms with Crippen molar-refractivity contribution < 1.29 is 9.52 Å². The molecule has 2 aromatic rings. The van der Waals surface area contributed by atoms with Crippen molar-refractivity contribution in [2.45, 2.75) is 32.6 Å². The lowest BCUT2D eigenvalue weighted by atomic mass is 9.89. The molecule has 0 aliphatic heterocycles. The Morgan fingerprint density at radius 1 is 1.18 bits per heavy atom. The van der Waals surface area contributed by atoms with Crippen molar-refractivity contribution in [3.05, 3.63) is 39.2 Å². The highest BCUT2D eigenvalue weighted by Crippen LogP contribution is 2.31. The first-order chi connectivity index (χ1) is 8.16. The molecule has 3 nitrogen and oxygen atoms in total. The summed E-state index contributed by atoms with van der Waals surface area (Å²) in [6.45, 7) is 1.94. The lowest BCUT2D eigenvalue weighted by Crippen LogP contribution is -2.16. The summed E-state index contributed by atoms with van der Waals surface area (Å²) in [5, 5.41) is 10.6. The van der Waals surface area contributed by atoms with E-state index in [0.29, 0.717) is 5.58 Å². The van der Waals surface area contributed by atoms with Crippen molar-refractivity contribution in [3.8, 4) is 5.75 Å². The SMILES string of the molecule is Cc1cc(O)cc2oc(=O)c3c(c12)CCCC3. The molecule has 0 spiro atoms. The topological polar surface area (TPSA) is 50.4 Å². The van der Waals surface area contributed by atoms with E-state index in [4.69, 9.17) is 4.42 Å². The zero-order chi connectivity index (χ0) is 12.0. The molecule has 1 N–H and O–H groups in total. The van der Waals surface area contributed by atoms with Gasteiger partial charge < -0.3 is 9.52 Å². The van der Waals surface area contributed by atoms with Crippen molar-refractivity contribution in [1.29, 1.82) is 0 Å². The van der Waals surface area contributed by atoms with Crippen LogP contribution in [0.1, 0.15) is 29.5 Å². The van der Waals surface area contributed by atoms with Crippen molar-refractivity contribution >= 4 is 11.0 Å². The summed E-state index contributed by atoms with van der Waals surface area (Å²) in [6, 6.07) is 3.25. The van der Waals surface area contributed by atoms with Gasteiger partial charge in [0.15, 0.2) is 0 Å². The molecule has 0 saturated carbocycles. The van der Waals surface area contributed by atoms with Crippen molar-refractivity contribution in [2.75, 3.05) is 0 Å². The third-order valence-electron chi connectivity index (χ3n) is 3.50. The Kier molecular flexibility index (Phi) is 2.21. The van der Waals surface area contributed by atoms with E-state index in [1.165, 1.54) is 6.07 Å². The summed E-state index contributed by atoms with van der Waals surface area (Å²) in [5.41, 5.74) is 3.20. The van der Waals surface area contributed by atoms with Crippen LogP contribution >= 0.6 is 0 Å². The summed E-state index contributed by atoms with van der Waals surface area (Å²) >= 11 is 0. The fourth-order valence-electron chi connectivity index (χ4n) is 2.77. The number of hydrogen-bond acceptors (Lipinski definition) is 3. The van der Waals surface area contributed by atoms with Crippen LogP contribution < -0.4 is 5.63 Å². The zero-order valence-electron chi connectivity index (χ0n) is 9.75. The Balaban J connectivity index is 2.47. The molecular formula is C14H14O3. The van der Waals surface area contributed by atoms with Gasteiger partial charge in [-0.3, -0.25) is 0 Å². The Morgan fingerprint density at radius 2 is 1.88 bits per heavy atom. The largest absolute Gasteiger partial charge is 0.508 e. The second-order valence-corrected chi connectivity index (χ2v) is 4.69. The van der Waals surface area contributed by atoms with E-state index >= 15 is 0 Å². The number of aryl methyl sites for hydroxylation is 2. The summed E-state index contributed by atoms with van der Waals surface area (Å²) < 4.78 is 5.31. The molecule has 1 aromatic carbocycles. The maximum absolute atomic E-state index is 11.9. The van der Waals surface area contributed by atoms with Crippen LogP contribution in [0.4, 0.5) is 0 Å². The minimum Gasteiger partial charge on any atom is -0.508 e. The van der Waals surface area contributed by atoms with Crippen LogP contribution in [0.15, 0.2) is 21.3 Å². The van der Waals surface area contributed by atoms with Gasteiger partial charge in [-0.1, -0.05) is 0 Å². The van der Waals surface area contributed by atoms with E-state index in [1.54, 1.807) is 6.07 Å². The van der Waals surface area contributed by atoms with Gasteiger partial charge in [-0.15, -0.1) is 0 Å². The summed E-state index contributed by atoms with van der Waals surface area (Å²) in [5.74, 6) is 0.147. The first-order valence-corrected chi connectivity index (χ1v) is 5.95. The van der Waals surface area contributed by atoms with Crippen LogP contribution in [0.2, 0.25) is 0 Å².